The van der Waals surface area contributed by atoms with Gasteiger partial charge in [0.1, 0.15) is 0 Å². The highest BCUT2D eigenvalue weighted by atomic mass is 16.2. The van der Waals surface area contributed by atoms with Gasteiger partial charge >= 0.3 is 0 Å². The minimum absolute atomic E-state index is 0.0633. The zero-order chi connectivity index (χ0) is 12.4. The molecule has 17 heavy (non-hydrogen) atoms. The van der Waals surface area contributed by atoms with Crippen LogP contribution < -0.4 is 5.73 Å². The molecule has 1 aromatic carbocycles. The van der Waals surface area contributed by atoms with Gasteiger partial charge in [-0.2, -0.15) is 0 Å². The van der Waals surface area contributed by atoms with Gasteiger partial charge in [0, 0.05) is 6.54 Å². The SMILES string of the molecule is Cc1cccc(C2CCCN2C(=O)CN)c1C. The van der Waals surface area contributed by atoms with Gasteiger partial charge < -0.3 is 10.6 Å². The van der Waals surface area contributed by atoms with Crippen LogP contribution in [0.3, 0.4) is 0 Å². The van der Waals surface area contributed by atoms with E-state index in [1.54, 1.807) is 0 Å². The fourth-order valence-electron chi connectivity index (χ4n) is 2.64. The van der Waals surface area contributed by atoms with Gasteiger partial charge in [-0.3, -0.25) is 4.79 Å². The molecule has 0 saturated carbocycles. The molecule has 3 heteroatoms. The van der Waals surface area contributed by atoms with E-state index in [1.807, 2.05) is 4.90 Å². The third kappa shape index (κ3) is 2.20. The van der Waals surface area contributed by atoms with E-state index in [1.165, 1.54) is 16.7 Å². The second-order valence-corrected chi connectivity index (χ2v) is 4.74. The van der Waals surface area contributed by atoms with Gasteiger partial charge in [0.25, 0.3) is 0 Å². The number of nitrogens with zero attached hydrogens (tertiary/aromatic N) is 1. The first-order valence-corrected chi connectivity index (χ1v) is 6.20. The Hall–Kier alpha value is -1.35. The first kappa shape index (κ1) is 12.1. The molecule has 1 aliphatic rings. The van der Waals surface area contributed by atoms with E-state index < -0.39 is 0 Å². The number of nitrogens with two attached hydrogens (primary N) is 1. The third-order valence-corrected chi connectivity index (χ3v) is 3.75. The van der Waals surface area contributed by atoms with Crippen LogP contribution in [-0.2, 0) is 4.79 Å². The summed E-state index contributed by atoms with van der Waals surface area (Å²) in [5, 5.41) is 0. The maximum absolute atomic E-state index is 11.8. The summed E-state index contributed by atoms with van der Waals surface area (Å²) in [5.74, 6) is 0.0633. The fourth-order valence-corrected chi connectivity index (χ4v) is 2.64. The summed E-state index contributed by atoms with van der Waals surface area (Å²) in [6, 6.07) is 6.55. The Morgan fingerprint density at radius 3 is 2.94 bits per heavy atom. The summed E-state index contributed by atoms with van der Waals surface area (Å²) in [5.41, 5.74) is 9.34. The average molecular weight is 232 g/mol. The highest BCUT2D eigenvalue weighted by molar-refractivity contribution is 5.78. The normalized spacial score (nSPS) is 19.7. The molecule has 0 radical (unpaired) electrons. The second kappa shape index (κ2) is 4.88. The van der Waals surface area contributed by atoms with Crippen LogP contribution in [0.2, 0.25) is 0 Å². The maximum atomic E-state index is 11.8. The number of likely N-dealkylation sites (tertiary alicyclic amines) is 1. The molecule has 1 amide bonds. The number of hydrogen-bond acceptors (Lipinski definition) is 2. The van der Waals surface area contributed by atoms with E-state index in [0.717, 1.165) is 19.4 Å². The summed E-state index contributed by atoms with van der Waals surface area (Å²) in [6.45, 7) is 5.20. The van der Waals surface area contributed by atoms with Gasteiger partial charge in [0.2, 0.25) is 5.91 Å². The molecule has 1 aromatic rings. The molecule has 1 fully saturated rings. The number of benzene rings is 1. The molecule has 0 aromatic heterocycles. The van der Waals surface area contributed by atoms with E-state index in [0.29, 0.717) is 0 Å². The lowest BCUT2D eigenvalue weighted by atomic mass is 9.96. The Bertz CT molecular complexity index is 428. The molecule has 1 heterocycles. The Morgan fingerprint density at radius 2 is 2.24 bits per heavy atom. The van der Waals surface area contributed by atoms with Crippen molar-refractivity contribution in [1.29, 1.82) is 0 Å². The summed E-state index contributed by atoms with van der Waals surface area (Å²) >= 11 is 0. The van der Waals surface area contributed by atoms with Crippen LogP contribution in [-0.4, -0.2) is 23.9 Å². The zero-order valence-electron chi connectivity index (χ0n) is 10.6. The van der Waals surface area contributed by atoms with Crippen LogP contribution in [0.25, 0.3) is 0 Å². The fraction of sp³-hybridized carbons (Fsp3) is 0.500. The van der Waals surface area contributed by atoms with Crippen LogP contribution in [0.15, 0.2) is 18.2 Å². The second-order valence-electron chi connectivity index (χ2n) is 4.74. The maximum Gasteiger partial charge on any atom is 0.236 e. The molecular weight excluding hydrogens is 212 g/mol. The van der Waals surface area contributed by atoms with Gasteiger partial charge in [-0.1, -0.05) is 18.2 Å². The summed E-state index contributed by atoms with van der Waals surface area (Å²) in [7, 11) is 0. The first-order chi connectivity index (χ1) is 8.15. The van der Waals surface area contributed by atoms with Crippen molar-refractivity contribution in [1.82, 2.24) is 4.90 Å². The van der Waals surface area contributed by atoms with Crippen molar-refractivity contribution in [3.05, 3.63) is 34.9 Å². The van der Waals surface area contributed by atoms with Crippen molar-refractivity contribution in [2.45, 2.75) is 32.7 Å². The number of rotatable bonds is 2. The third-order valence-electron chi connectivity index (χ3n) is 3.75. The molecule has 1 saturated heterocycles. The molecule has 1 aliphatic heterocycles. The Morgan fingerprint density at radius 1 is 1.47 bits per heavy atom. The van der Waals surface area contributed by atoms with Crippen LogP contribution in [0.1, 0.15) is 35.6 Å². The number of hydrogen-bond donors (Lipinski definition) is 1. The van der Waals surface area contributed by atoms with Crippen molar-refractivity contribution in [2.75, 3.05) is 13.1 Å². The van der Waals surface area contributed by atoms with Crippen molar-refractivity contribution in [3.8, 4) is 0 Å². The van der Waals surface area contributed by atoms with Crippen molar-refractivity contribution < 1.29 is 4.79 Å². The molecule has 1 atom stereocenters. The summed E-state index contributed by atoms with van der Waals surface area (Å²) in [4.78, 5) is 13.7. The summed E-state index contributed by atoms with van der Waals surface area (Å²) in [6.07, 6.45) is 2.12. The van der Waals surface area contributed by atoms with Gasteiger partial charge in [-0.05, 0) is 43.4 Å². The lowest BCUT2D eigenvalue weighted by Crippen LogP contribution is -2.35. The van der Waals surface area contributed by atoms with E-state index in [-0.39, 0.29) is 18.5 Å². The number of carbonyl (C=O) groups excluding carboxylic acids is 1. The van der Waals surface area contributed by atoms with Crippen LogP contribution in [0.5, 0.6) is 0 Å². The van der Waals surface area contributed by atoms with Crippen LogP contribution in [0, 0.1) is 13.8 Å². The average Bonchev–Trinajstić information content (AvgIpc) is 2.80. The molecule has 92 valence electrons. The molecule has 2 rings (SSSR count). The van der Waals surface area contributed by atoms with Gasteiger partial charge in [0.15, 0.2) is 0 Å². The standard InChI is InChI=1S/C14H20N2O/c1-10-5-3-6-12(11(10)2)13-7-4-8-16(13)14(17)9-15/h3,5-6,13H,4,7-9,15H2,1-2H3. The number of aryl methyl sites for hydroxylation is 1. The molecular formula is C14H20N2O. The minimum atomic E-state index is 0.0633. The highest BCUT2D eigenvalue weighted by Gasteiger charge is 2.29. The summed E-state index contributed by atoms with van der Waals surface area (Å²) < 4.78 is 0. The van der Waals surface area contributed by atoms with Gasteiger partial charge in [0.05, 0.1) is 12.6 Å². The van der Waals surface area contributed by atoms with E-state index in [2.05, 4.69) is 32.0 Å². The van der Waals surface area contributed by atoms with E-state index in [4.69, 9.17) is 5.73 Å². The Kier molecular flexibility index (Phi) is 3.48. The monoisotopic (exact) mass is 232 g/mol. The smallest absolute Gasteiger partial charge is 0.236 e. The van der Waals surface area contributed by atoms with Gasteiger partial charge in [-0.25, -0.2) is 0 Å². The Balaban J connectivity index is 2.32. The van der Waals surface area contributed by atoms with Gasteiger partial charge in [-0.15, -0.1) is 0 Å². The zero-order valence-corrected chi connectivity index (χ0v) is 10.6. The molecule has 1 unspecified atom stereocenters. The first-order valence-electron chi connectivity index (χ1n) is 6.20. The Labute approximate surface area is 103 Å². The molecule has 3 nitrogen and oxygen atoms in total. The largest absolute Gasteiger partial charge is 0.335 e. The minimum Gasteiger partial charge on any atom is -0.335 e. The molecule has 2 N–H and O–H groups in total. The quantitative estimate of drug-likeness (QED) is 0.847. The van der Waals surface area contributed by atoms with Crippen molar-refractivity contribution in [3.63, 3.8) is 0 Å². The highest BCUT2D eigenvalue weighted by Crippen LogP contribution is 2.34. The number of amides is 1. The lowest BCUT2D eigenvalue weighted by Gasteiger charge is -2.26. The van der Waals surface area contributed by atoms with Crippen LogP contribution >= 0.6 is 0 Å². The van der Waals surface area contributed by atoms with Crippen LogP contribution in [0.4, 0.5) is 0 Å². The van der Waals surface area contributed by atoms with Crippen molar-refractivity contribution >= 4 is 5.91 Å². The van der Waals surface area contributed by atoms with E-state index >= 15 is 0 Å². The van der Waals surface area contributed by atoms with Crippen molar-refractivity contribution in [2.24, 2.45) is 5.73 Å². The predicted octanol–water partition coefficient (Wildman–Crippen LogP) is 1.93. The topological polar surface area (TPSA) is 46.3 Å². The number of carbonyl (C=O) groups is 1. The molecule has 0 bridgehead atoms. The molecule has 0 spiro atoms. The lowest BCUT2D eigenvalue weighted by molar-refractivity contribution is -0.130. The molecule has 0 aliphatic carbocycles. The predicted molar refractivity (Wildman–Crippen MR) is 68.7 cm³/mol. The van der Waals surface area contributed by atoms with E-state index in [9.17, 15) is 4.79 Å².